The van der Waals surface area contributed by atoms with Gasteiger partial charge in [0.25, 0.3) is 0 Å². The van der Waals surface area contributed by atoms with E-state index in [9.17, 15) is 19.8 Å². The molecule has 0 saturated heterocycles. The number of unbranched alkanes of at least 4 members (excludes halogenated alkanes) is 55. The summed E-state index contributed by atoms with van der Waals surface area (Å²) in [4.78, 5) is 24.6. The molecular formula is C75H145NO5. The molecule has 0 aliphatic rings. The first-order valence-corrected chi connectivity index (χ1v) is 37.1. The molecule has 0 aliphatic carbocycles. The van der Waals surface area contributed by atoms with Crippen molar-refractivity contribution < 1.29 is 24.5 Å². The summed E-state index contributed by atoms with van der Waals surface area (Å²) < 4.78 is 5.51. The maximum atomic E-state index is 12.5. The number of aliphatic hydroxyl groups excluding tert-OH is 2. The number of esters is 1. The third-order valence-electron chi connectivity index (χ3n) is 17.5. The van der Waals surface area contributed by atoms with Gasteiger partial charge >= 0.3 is 5.97 Å². The SMILES string of the molecule is CCCCC/C=C\C/C=C\CCCCCCCCCCCC(=O)OCCCCCCCCCCCCCCCCCCCCCCCCCCCCCCCCCCCC(=O)NC(CO)C(O)CCCCCCCCCCCCCC. The minimum Gasteiger partial charge on any atom is -0.466 e. The van der Waals surface area contributed by atoms with Crippen LogP contribution >= 0.6 is 0 Å². The van der Waals surface area contributed by atoms with E-state index < -0.39 is 12.1 Å². The number of allylic oxidation sites excluding steroid dienone is 4. The second-order valence-electron chi connectivity index (χ2n) is 25.6. The van der Waals surface area contributed by atoms with Crippen LogP contribution in [-0.4, -0.2) is 47.4 Å². The summed E-state index contributed by atoms with van der Waals surface area (Å²) in [6.07, 6.45) is 89.7. The Morgan fingerprint density at radius 3 is 0.963 bits per heavy atom. The van der Waals surface area contributed by atoms with Gasteiger partial charge in [0, 0.05) is 12.8 Å². The van der Waals surface area contributed by atoms with Crippen molar-refractivity contribution in [1.82, 2.24) is 5.32 Å². The fourth-order valence-electron chi connectivity index (χ4n) is 11.9. The summed E-state index contributed by atoms with van der Waals surface area (Å²) in [5, 5.41) is 23.3. The lowest BCUT2D eigenvalue weighted by Crippen LogP contribution is -2.45. The van der Waals surface area contributed by atoms with Gasteiger partial charge in [-0.2, -0.15) is 0 Å². The lowest BCUT2D eigenvalue weighted by atomic mass is 10.0. The average Bonchev–Trinajstić information content (AvgIpc) is 3.47. The van der Waals surface area contributed by atoms with Crippen molar-refractivity contribution in [3.05, 3.63) is 24.3 Å². The normalized spacial score (nSPS) is 12.6. The Balaban J connectivity index is 3.29. The molecule has 0 saturated carbocycles. The molecule has 0 bridgehead atoms. The van der Waals surface area contributed by atoms with Gasteiger partial charge in [-0.15, -0.1) is 0 Å². The van der Waals surface area contributed by atoms with E-state index in [-0.39, 0.29) is 18.5 Å². The zero-order valence-electron chi connectivity index (χ0n) is 55.0. The molecule has 3 N–H and O–H groups in total. The number of hydrogen-bond acceptors (Lipinski definition) is 5. The Kier molecular flexibility index (Phi) is 69.4. The molecule has 2 unspecified atom stereocenters. The largest absolute Gasteiger partial charge is 0.466 e. The fraction of sp³-hybridized carbons (Fsp3) is 0.920. The van der Waals surface area contributed by atoms with Gasteiger partial charge in [0.15, 0.2) is 0 Å². The van der Waals surface area contributed by atoms with Crippen LogP contribution in [0, 0.1) is 0 Å². The molecule has 1 amide bonds. The molecule has 2 atom stereocenters. The van der Waals surface area contributed by atoms with Crippen LogP contribution in [0.1, 0.15) is 418 Å². The Hall–Kier alpha value is -1.66. The lowest BCUT2D eigenvalue weighted by Gasteiger charge is -2.22. The van der Waals surface area contributed by atoms with Crippen LogP contribution in [-0.2, 0) is 14.3 Å². The van der Waals surface area contributed by atoms with Gasteiger partial charge in [-0.3, -0.25) is 9.59 Å². The van der Waals surface area contributed by atoms with E-state index in [4.69, 9.17) is 4.74 Å². The molecule has 0 heterocycles. The predicted octanol–water partition coefficient (Wildman–Crippen LogP) is 24.1. The molecule has 0 rings (SSSR count). The number of hydrogen-bond donors (Lipinski definition) is 3. The second-order valence-corrected chi connectivity index (χ2v) is 25.6. The summed E-state index contributed by atoms with van der Waals surface area (Å²) in [5.41, 5.74) is 0. The molecule has 6 heteroatoms. The van der Waals surface area contributed by atoms with Gasteiger partial charge in [0.1, 0.15) is 0 Å². The van der Waals surface area contributed by atoms with Crippen LogP contribution in [0.2, 0.25) is 0 Å². The lowest BCUT2D eigenvalue weighted by molar-refractivity contribution is -0.143. The second kappa shape index (κ2) is 70.8. The summed E-state index contributed by atoms with van der Waals surface area (Å²) in [6, 6.07) is -0.536. The van der Waals surface area contributed by atoms with Crippen molar-refractivity contribution in [2.75, 3.05) is 13.2 Å². The zero-order chi connectivity index (χ0) is 58.5. The summed E-state index contributed by atoms with van der Waals surface area (Å²) >= 11 is 0. The van der Waals surface area contributed by atoms with E-state index in [1.165, 1.54) is 340 Å². The number of nitrogens with one attached hydrogen (secondary N) is 1. The number of aliphatic hydroxyl groups is 2. The van der Waals surface area contributed by atoms with Gasteiger partial charge < -0.3 is 20.3 Å². The summed E-state index contributed by atoms with van der Waals surface area (Å²) in [5.74, 6) is -0.00970. The number of rotatable bonds is 70. The van der Waals surface area contributed by atoms with Crippen molar-refractivity contribution in [2.45, 2.75) is 431 Å². The van der Waals surface area contributed by atoms with Gasteiger partial charge in [-0.25, -0.2) is 0 Å². The maximum Gasteiger partial charge on any atom is 0.305 e. The molecule has 0 fully saturated rings. The van der Waals surface area contributed by atoms with Gasteiger partial charge in [-0.05, 0) is 57.8 Å². The van der Waals surface area contributed by atoms with Crippen LogP contribution in [0.25, 0.3) is 0 Å². The van der Waals surface area contributed by atoms with Crippen LogP contribution in [0.3, 0.4) is 0 Å². The molecule has 0 aliphatic heterocycles. The standard InChI is InChI=1S/C75H145NO5/c1-3-5-7-9-11-13-15-17-18-19-35-39-42-45-49-53-57-61-65-69-75(80)81-70-66-62-58-54-50-46-43-40-37-34-32-30-28-26-24-22-20-21-23-25-27-29-31-33-36-38-41-44-48-52-56-60-64-68-74(79)76-72(71-77)73(78)67-63-59-55-51-47-16-14-12-10-8-6-4-2/h11,13,17-18,72-73,77-78H,3-10,12,14-16,19-71H2,1-2H3,(H,76,79)/b13-11-,18-17-. The van der Waals surface area contributed by atoms with E-state index in [1.807, 2.05) is 0 Å². The molecule has 0 aromatic rings. The van der Waals surface area contributed by atoms with Crippen molar-refractivity contribution >= 4 is 11.9 Å². The highest BCUT2D eigenvalue weighted by atomic mass is 16.5. The molecular weight excluding hydrogens is 995 g/mol. The Labute approximate surface area is 507 Å². The molecule has 480 valence electrons. The van der Waals surface area contributed by atoms with Crippen molar-refractivity contribution in [1.29, 1.82) is 0 Å². The van der Waals surface area contributed by atoms with Crippen LogP contribution in [0.4, 0.5) is 0 Å². The Bertz CT molecular complexity index is 1270. The number of amides is 1. The monoisotopic (exact) mass is 1140 g/mol. The highest BCUT2D eigenvalue weighted by Gasteiger charge is 2.20. The van der Waals surface area contributed by atoms with E-state index in [0.717, 1.165) is 44.9 Å². The van der Waals surface area contributed by atoms with Crippen molar-refractivity contribution in [2.24, 2.45) is 0 Å². The molecule has 0 aromatic carbocycles. The first kappa shape index (κ1) is 79.3. The van der Waals surface area contributed by atoms with Crippen LogP contribution in [0.15, 0.2) is 24.3 Å². The van der Waals surface area contributed by atoms with Gasteiger partial charge in [-0.1, -0.05) is 372 Å². The minimum absolute atomic E-state index is 0.0186. The molecule has 6 nitrogen and oxygen atoms in total. The average molecular weight is 1140 g/mol. The van der Waals surface area contributed by atoms with Gasteiger partial charge in [0.05, 0.1) is 25.4 Å². The van der Waals surface area contributed by atoms with E-state index in [0.29, 0.717) is 25.9 Å². The first-order valence-electron chi connectivity index (χ1n) is 37.1. The van der Waals surface area contributed by atoms with E-state index in [1.54, 1.807) is 0 Å². The Morgan fingerprint density at radius 1 is 0.346 bits per heavy atom. The molecule has 0 aromatic heterocycles. The summed E-state index contributed by atoms with van der Waals surface area (Å²) in [6.45, 7) is 4.96. The number of carbonyl (C=O) groups is 2. The van der Waals surface area contributed by atoms with Gasteiger partial charge in [0.2, 0.25) is 5.91 Å². The molecule has 0 spiro atoms. The fourth-order valence-corrected chi connectivity index (χ4v) is 11.9. The van der Waals surface area contributed by atoms with E-state index >= 15 is 0 Å². The number of carbonyl (C=O) groups excluding carboxylic acids is 2. The molecule has 0 radical (unpaired) electrons. The highest BCUT2D eigenvalue weighted by Crippen LogP contribution is 2.20. The topological polar surface area (TPSA) is 95.9 Å². The third-order valence-corrected chi connectivity index (χ3v) is 17.5. The zero-order valence-corrected chi connectivity index (χ0v) is 55.0. The first-order chi connectivity index (χ1) is 40.0. The predicted molar refractivity (Wildman–Crippen MR) is 356 cm³/mol. The molecule has 81 heavy (non-hydrogen) atoms. The van der Waals surface area contributed by atoms with Crippen LogP contribution in [0.5, 0.6) is 0 Å². The summed E-state index contributed by atoms with van der Waals surface area (Å²) in [7, 11) is 0. The highest BCUT2D eigenvalue weighted by molar-refractivity contribution is 5.76. The smallest absolute Gasteiger partial charge is 0.305 e. The number of ether oxygens (including phenoxy) is 1. The maximum absolute atomic E-state index is 12.5. The minimum atomic E-state index is -0.659. The quantitative estimate of drug-likeness (QED) is 0.0320. The Morgan fingerprint density at radius 2 is 0.617 bits per heavy atom. The van der Waals surface area contributed by atoms with Crippen molar-refractivity contribution in [3.63, 3.8) is 0 Å². The van der Waals surface area contributed by atoms with Crippen LogP contribution < -0.4 is 5.32 Å². The third kappa shape index (κ3) is 67.3. The van der Waals surface area contributed by atoms with E-state index in [2.05, 4.69) is 43.5 Å². The van der Waals surface area contributed by atoms with Crippen molar-refractivity contribution in [3.8, 4) is 0 Å².